The molecule has 0 N–H and O–H groups in total. The monoisotopic (exact) mass is 595 g/mol. The van der Waals surface area contributed by atoms with Crippen molar-refractivity contribution in [1.82, 2.24) is 5.06 Å². The van der Waals surface area contributed by atoms with Gasteiger partial charge in [-0.15, -0.1) is 0 Å². The number of nitrogens with zero attached hydrogens (tertiary/aromatic N) is 1. The Morgan fingerprint density at radius 3 is 2.24 bits per heavy atom. The van der Waals surface area contributed by atoms with E-state index >= 15 is 0 Å². The molecule has 6 atom stereocenters. The Bertz CT molecular complexity index is 1430. The van der Waals surface area contributed by atoms with E-state index in [9.17, 15) is 8.42 Å². The summed E-state index contributed by atoms with van der Waals surface area (Å²) in [5.74, 6) is -0.800. The van der Waals surface area contributed by atoms with Gasteiger partial charge in [-0.3, -0.25) is 9.02 Å². The van der Waals surface area contributed by atoms with Crippen LogP contribution < -0.4 is 0 Å². The van der Waals surface area contributed by atoms with Gasteiger partial charge in [-0.1, -0.05) is 78.4 Å². The van der Waals surface area contributed by atoms with Crippen molar-refractivity contribution >= 4 is 10.1 Å². The first-order chi connectivity index (χ1) is 20.2. The van der Waals surface area contributed by atoms with Gasteiger partial charge in [0.2, 0.25) is 0 Å². The molecule has 3 aromatic carbocycles. The minimum Gasteiger partial charge on any atom is -0.368 e. The van der Waals surface area contributed by atoms with Gasteiger partial charge < -0.3 is 18.9 Å². The van der Waals surface area contributed by atoms with Gasteiger partial charge in [0.1, 0.15) is 24.4 Å². The number of benzene rings is 3. The van der Waals surface area contributed by atoms with E-state index in [2.05, 4.69) is 0 Å². The summed E-state index contributed by atoms with van der Waals surface area (Å²) >= 11 is 0. The number of hydrogen-bond donors (Lipinski definition) is 0. The Balaban J connectivity index is 1.22. The molecule has 3 heterocycles. The molecule has 6 rings (SSSR count). The number of hydrogen-bond acceptors (Lipinski definition) is 9. The summed E-state index contributed by atoms with van der Waals surface area (Å²) in [5, 5.41) is 1.86. The first kappa shape index (κ1) is 29.4. The van der Waals surface area contributed by atoms with Crippen LogP contribution in [0.15, 0.2) is 89.8 Å². The average molecular weight is 596 g/mol. The summed E-state index contributed by atoms with van der Waals surface area (Å²) in [7, 11) is -3.95. The molecule has 0 unspecified atom stereocenters. The standard InChI is InChI=1S/C32H37NO8S/c1-22-14-16-26(17-15-22)42(34,35)37-21-25-18-27(33(41-25)19-23-10-6-4-7-11-23)28-29(36-20-24-12-8-5-9-13-24)30-31(38-28)40-32(2,3)39-30/h4-17,25,27-31H,18-21H2,1-3H3/t25-,27-,28-,29+,30-,31-/m1/s1. The molecule has 42 heavy (non-hydrogen) atoms. The average Bonchev–Trinajstić information content (AvgIpc) is 3.61. The van der Waals surface area contributed by atoms with Gasteiger partial charge in [0.25, 0.3) is 10.1 Å². The fourth-order valence-electron chi connectivity index (χ4n) is 5.72. The summed E-state index contributed by atoms with van der Waals surface area (Å²) in [6.45, 7) is 6.35. The molecule has 0 bridgehead atoms. The molecule has 3 aliphatic heterocycles. The fourth-order valence-corrected chi connectivity index (χ4v) is 6.66. The molecule has 0 saturated carbocycles. The van der Waals surface area contributed by atoms with Gasteiger partial charge >= 0.3 is 0 Å². The van der Waals surface area contributed by atoms with Gasteiger partial charge in [-0.05, 0) is 50.5 Å². The molecular formula is C32H37NO8S. The van der Waals surface area contributed by atoms with Crippen molar-refractivity contribution in [3.05, 3.63) is 102 Å². The predicted octanol–water partition coefficient (Wildman–Crippen LogP) is 4.74. The third-order valence-electron chi connectivity index (χ3n) is 7.75. The molecule has 3 aliphatic rings. The van der Waals surface area contributed by atoms with Crippen LogP contribution in [0.4, 0.5) is 0 Å². The van der Waals surface area contributed by atoms with Crippen LogP contribution in [-0.4, -0.2) is 62.6 Å². The normalized spacial score (nSPS) is 29.1. The first-order valence-electron chi connectivity index (χ1n) is 14.3. The minimum absolute atomic E-state index is 0.113. The molecule has 10 heteroatoms. The number of fused-ring (bicyclic) bond motifs is 1. The highest BCUT2D eigenvalue weighted by Gasteiger charge is 2.59. The lowest BCUT2D eigenvalue weighted by Crippen LogP contribution is -2.47. The maximum absolute atomic E-state index is 12.9. The maximum Gasteiger partial charge on any atom is 0.297 e. The largest absolute Gasteiger partial charge is 0.368 e. The highest BCUT2D eigenvalue weighted by Crippen LogP contribution is 2.43. The SMILES string of the molecule is Cc1ccc(S(=O)(=O)OC[C@H]2C[C@H]([C@H]3O[C@@H]4OC(C)(C)O[C@@H]4[C@H]3OCc3ccccc3)N(Cc3ccccc3)O2)cc1. The van der Waals surface area contributed by atoms with Crippen LogP contribution in [0, 0.1) is 6.92 Å². The number of aryl methyl sites for hydroxylation is 1. The Morgan fingerprint density at radius 1 is 0.881 bits per heavy atom. The molecule has 0 amide bonds. The van der Waals surface area contributed by atoms with Gasteiger partial charge in [-0.25, -0.2) is 0 Å². The molecule has 3 aromatic rings. The minimum atomic E-state index is -3.95. The lowest BCUT2D eigenvalue weighted by molar-refractivity contribution is -0.242. The summed E-state index contributed by atoms with van der Waals surface area (Å²) in [5.41, 5.74) is 3.05. The molecule has 0 aromatic heterocycles. The van der Waals surface area contributed by atoms with Crippen LogP contribution in [0.2, 0.25) is 0 Å². The zero-order valence-electron chi connectivity index (χ0n) is 24.0. The Labute approximate surface area is 247 Å². The molecule has 3 saturated heterocycles. The van der Waals surface area contributed by atoms with E-state index in [1.165, 1.54) is 0 Å². The Kier molecular flexibility index (Phi) is 8.50. The van der Waals surface area contributed by atoms with Gasteiger partial charge in [-0.2, -0.15) is 13.5 Å². The van der Waals surface area contributed by atoms with Crippen molar-refractivity contribution in [1.29, 1.82) is 0 Å². The lowest BCUT2D eigenvalue weighted by Gasteiger charge is -2.32. The quantitative estimate of drug-likeness (QED) is 0.308. The van der Waals surface area contributed by atoms with Gasteiger partial charge in [0.05, 0.1) is 24.2 Å². The molecule has 0 aliphatic carbocycles. The van der Waals surface area contributed by atoms with Crippen molar-refractivity contribution in [2.45, 2.75) is 87.8 Å². The topological polar surface area (TPSA) is 92.8 Å². The third kappa shape index (κ3) is 6.61. The van der Waals surface area contributed by atoms with Crippen molar-refractivity contribution < 1.29 is 36.4 Å². The molecular weight excluding hydrogens is 558 g/mol. The summed E-state index contributed by atoms with van der Waals surface area (Å²) in [6.07, 6.45) is -1.97. The zero-order chi connectivity index (χ0) is 29.3. The summed E-state index contributed by atoms with van der Waals surface area (Å²) in [6, 6.07) is 26.2. The van der Waals surface area contributed by atoms with Gasteiger partial charge in [0, 0.05) is 6.54 Å². The van der Waals surface area contributed by atoms with Crippen molar-refractivity contribution in [2.24, 2.45) is 0 Å². The maximum atomic E-state index is 12.9. The molecule has 3 fully saturated rings. The van der Waals surface area contributed by atoms with E-state index in [4.69, 9.17) is 28.0 Å². The zero-order valence-corrected chi connectivity index (χ0v) is 24.8. The third-order valence-corrected chi connectivity index (χ3v) is 9.05. The summed E-state index contributed by atoms with van der Waals surface area (Å²) < 4.78 is 56.6. The van der Waals surface area contributed by atoms with Crippen LogP contribution in [0.3, 0.4) is 0 Å². The van der Waals surface area contributed by atoms with Crippen LogP contribution in [0.1, 0.15) is 37.0 Å². The van der Waals surface area contributed by atoms with E-state index < -0.39 is 46.6 Å². The second-order valence-corrected chi connectivity index (χ2v) is 13.1. The molecule has 0 spiro atoms. The molecule has 0 radical (unpaired) electrons. The highest BCUT2D eigenvalue weighted by atomic mass is 32.2. The lowest BCUT2D eigenvalue weighted by atomic mass is 9.98. The van der Waals surface area contributed by atoms with Crippen LogP contribution in [-0.2, 0) is 51.2 Å². The number of ether oxygens (including phenoxy) is 4. The summed E-state index contributed by atoms with van der Waals surface area (Å²) in [4.78, 5) is 6.45. The van der Waals surface area contributed by atoms with Crippen LogP contribution in [0.5, 0.6) is 0 Å². The van der Waals surface area contributed by atoms with Crippen molar-refractivity contribution in [3.8, 4) is 0 Å². The Hall–Kier alpha value is -2.67. The highest BCUT2D eigenvalue weighted by molar-refractivity contribution is 7.86. The predicted molar refractivity (Wildman–Crippen MR) is 153 cm³/mol. The van der Waals surface area contributed by atoms with E-state index in [0.717, 1.165) is 16.7 Å². The smallest absolute Gasteiger partial charge is 0.297 e. The van der Waals surface area contributed by atoms with Crippen molar-refractivity contribution in [3.63, 3.8) is 0 Å². The van der Waals surface area contributed by atoms with E-state index in [1.807, 2.05) is 86.5 Å². The Morgan fingerprint density at radius 2 is 1.55 bits per heavy atom. The second kappa shape index (κ2) is 12.1. The van der Waals surface area contributed by atoms with Crippen LogP contribution >= 0.6 is 0 Å². The first-order valence-corrected chi connectivity index (χ1v) is 15.7. The van der Waals surface area contributed by atoms with E-state index in [0.29, 0.717) is 19.6 Å². The number of rotatable bonds is 10. The molecule has 224 valence electrons. The van der Waals surface area contributed by atoms with Crippen LogP contribution in [0.25, 0.3) is 0 Å². The molecule has 9 nitrogen and oxygen atoms in total. The van der Waals surface area contributed by atoms with Gasteiger partial charge in [0.15, 0.2) is 12.1 Å². The fraction of sp³-hybridized carbons (Fsp3) is 0.438. The van der Waals surface area contributed by atoms with E-state index in [-0.39, 0.29) is 17.5 Å². The van der Waals surface area contributed by atoms with E-state index in [1.54, 1.807) is 24.3 Å². The van der Waals surface area contributed by atoms with Crippen molar-refractivity contribution in [2.75, 3.05) is 6.61 Å². The second-order valence-electron chi connectivity index (χ2n) is 11.5. The number of hydroxylamine groups is 2.